The van der Waals surface area contributed by atoms with Crippen molar-refractivity contribution in [3.8, 4) is 5.75 Å². The zero-order chi connectivity index (χ0) is 13.7. The average Bonchev–Trinajstić information content (AvgIpc) is 2.29. The highest BCUT2D eigenvalue weighted by Crippen LogP contribution is 2.24. The number of hydrogen-bond acceptors (Lipinski definition) is 3. The monoisotopic (exact) mass is 316 g/mol. The van der Waals surface area contributed by atoms with Crippen LogP contribution in [0.5, 0.6) is 5.75 Å². The third-order valence-electron chi connectivity index (χ3n) is 2.34. The Bertz CT molecular complexity index is 424. The zero-order valence-corrected chi connectivity index (χ0v) is 11.9. The normalized spacial score (nSPS) is 12.0. The van der Waals surface area contributed by atoms with E-state index < -0.39 is 6.10 Å². The highest BCUT2D eigenvalue weighted by Gasteiger charge is 2.10. The summed E-state index contributed by atoms with van der Waals surface area (Å²) in [5.41, 5.74) is 0.874. The Morgan fingerprint density at radius 3 is 2.78 bits per heavy atom. The van der Waals surface area contributed by atoms with Gasteiger partial charge in [0.1, 0.15) is 5.75 Å². The van der Waals surface area contributed by atoms with Gasteiger partial charge in [-0.05, 0) is 40.5 Å². The van der Waals surface area contributed by atoms with E-state index in [9.17, 15) is 9.90 Å². The van der Waals surface area contributed by atoms with E-state index in [1.54, 1.807) is 32.2 Å². The molecule has 2 amide bonds. The van der Waals surface area contributed by atoms with Crippen LogP contribution in [0.15, 0.2) is 22.7 Å². The van der Waals surface area contributed by atoms with Crippen molar-refractivity contribution in [3.63, 3.8) is 0 Å². The molecule has 6 heteroatoms. The lowest BCUT2D eigenvalue weighted by Gasteiger charge is -2.19. The molecule has 1 rings (SSSR count). The number of nitrogens with zero attached hydrogens (tertiary/aromatic N) is 1. The molecule has 1 aromatic rings. The number of nitrogens with one attached hydrogen (secondary N) is 1. The lowest BCUT2D eigenvalue weighted by atomic mass is 10.2. The Morgan fingerprint density at radius 1 is 1.56 bits per heavy atom. The Hall–Kier alpha value is -1.27. The summed E-state index contributed by atoms with van der Waals surface area (Å²) in [5, 5.41) is 21.2. The number of benzene rings is 1. The maximum atomic E-state index is 11.6. The standard InChI is InChI=1S/C12H17BrN2O3/c1-8(16)7-15(2)12(18)14-6-9-3-4-11(17)10(13)5-9/h3-5,8,16-17H,6-7H2,1-2H3,(H,14,18). The lowest BCUT2D eigenvalue weighted by molar-refractivity contribution is 0.143. The molecule has 0 heterocycles. The SMILES string of the molecule is CC(O)CN(C)C(=O)NCc1ccc(O)c(Br)c1. The van der Waals surface area contributed by atoms with Gasteiger partial charge in [0.2, 0.25) is 0 Å². The van der Waals surface area contributed by atoms with E-state index in [4.69, 9.17) is 5.11 Å². The van der Waals surface area contributed by atoms with Crippen molar-refractivity contribution in [2.45, 2.75) is 19.6 Å². The van der Waals surface area contributed by atoms with Gasteiger partial charge < -0.3 is 20.4 Å². The summed E-state index contributed by atoms with van der Waals surface area (Å²) in [7, 11) is 1.62. The zero-order valence-electron chi connectivity index (χ0n) is 10.4. The van der Waals surface area contributed by atoms with Crippen LogP contribution in [-0.2, 0) is 6.54 Å². The number of carbonyl (C=O) groups excluding carboxylic acids is 1. The molecule has 0 radical (unpaired) electrons. The number of hydrogen-bond donors (Lipinski definition) is 3. The molecule has 1 unspecified atom stereocenters. The minimum absolute atomic E-state index is 0.163. The van der Waals surface area contributed by atoms with E-state index in [-0.39, 0.29) is 18.3 Å². The number of phenolic OH excluding ortho intramolecular Hbond substituents is 1. The molecule has 0 aromatic heterocycles. The molecule has 0 aliphatic carbocycles. The van der Waals surface area contributed by atoms with Crippen LogP contribution < -0.4 is 5.32 Å². The van der Waals surface area contributed by atoms with Crippen LogP contribution in [0.25, 0.3) is 0 Å². The quantitative estimate of drug-likeness (QED) is 0.791. The van der Waals surface area contributed by atoms with Crippen molar-refractivity contribution in [1.29, 1.82) is 0 Å². The fraction of sp³-hybridized carbons (Fsp3) is 0.417. The molecule has 0 aliphatic heterocycles. The molecule has 18 heavy (non-hydrogen) atoms. The molecular formula is C12H17BrN2O3. The van der Waals surface area contributed by atoms with Crippen molar-refractivity contribution in [1.82, 2.24) is 10.2 Å². The van der Waals surface area contributed by atoms with Gasteiger partial charge in [-0.2, -0.15) is 0 Å². The van der Waals surface area contributed by atoms with Crippen LogP contribution in [-0.4, -0.2) is 40.8 Å². The van der Waals surface area contributed by atoms with Crippen molar-refractivity contribution in [3.05, 3.63) is 28.2 Å². The number of phenols is 1. The first-order valence-electron chi connectivity index (χ1n) is 5.54. The summed E-state index contributed by atoms with van der Waals surface area (Å²) in [6, 6.07) is 4.78. The van der Waals surface area contributed by atoms with Gasteiger partial charge in [0.05, 0.1) is 10.6 Å². The molecule has 1 atom stereocenters. The maximum absolute atomic E-state index is 11.6. The molecule has 0 saturated carbocycles. The Labute approximate surface area is 115 Å². The Morgan fingerprint density at radius 2 is 2.22 bits per heavy atom. The number of aliphatic hydroxyl groups is 1. The first kappa shape index (κ1) is 14.8. The molecule has 0 spiro atoms. The van der Waals surface area contributed by atoms with Crippen LogP contribution in [0.4, 0.5) is 4.79 Å². The number of carbonyl (C=O) groups is 1. The number of likely N-dealkylation sites (N-methyl/N-ethyl adjacent to an activating group) is 1. The fourth-order valence-corrected chi connectivity index (χ4v) is 1.88. The smallest absolute Gasteiger partial charge is 0.317 e. The van der Waals surface area contributed by atoms with Crippen molar-refractivity contribution < 1.29 is 15.0 Å². The van der Waals surface area contributed by atoms with Gasteiger partial charge in [0.25, 0.3) is 0 Å². The van der Waals surface area contributed by atoms with Crippen LogP contribution in [0.1, 0.15) is 12.5 Å². The summed E-state index contributed by atoms with van der Waals surface area (Å²) < 4.78 is 0.589. The molecule has 0 bridgehead atoms. The molecule has 3 N–H and O–H groups in total. The summed E-state index contributed by atoms with van der Waals surface area (Å²) >= 11 is 3.21. The third kappa shape index (κ3) is 4.54. The molecule has 100 valence electrons. The van der Waals surface area contributed by atoms with Crippen LogP contribution >= 0.6 is 15.9 Å². The third-order valence-corrected chi connectivity index (χ3v) is 2.98. The highest BCUT2D eigenvalue weighted by molar-refractivity contribution is 9.10. The van der Waals surface area contributed by atoms with Gasteiger partial charge in [0.15, 0.2) is 0 Å². The fourth-order valence-electron chi connectivity index (χ4n) is 1.45. The summed E-state index contributed by atoms with van der Waals surface area (Å²) in [6.07, 6.45) is -0.552. The number of aliphatic hydroxyl groups excluding tert-OH is 1. The number of rotatable bonds is 4. The van der Waals surface area contributed by atoms with Gasteiger partial charge in [-0.15, -0.1) is 0 Å². The molecular weight excluding hydrogens is 300 g/mol. The molecule has 0 saturated heterocycles. The van der Waals surface area contributed by atoms with E-state index in [0.717, 1.165) is 5.56 Å². The summed E-state index contributed by atoms with van der Waals surface area (Å²) in [5.74, 6) is 0.163. The number of aromatic hydroxyl groups is 1. The van der Waals surface area contributed by atoms with Gasteiger partial charge in [0, 0.05) is 20.1 Å². The second-order valence-corrected chi connectivity index (χ2v) is 5.03. The first-order valence-corrected chi connectivity index (χ1v) is 6.34. The minimum Gasteiger partial charge on any atom is -0.507 e. The van der Waals surface area contributed by atoms with Gasteiger partial charge in [-0.3, -0.25) is 0 Å². The average molecular weight is 317 g/mol. The Kier molecular flexibility index (Phi) is 5.43. The predicted molar refractivity (Wildman–Crippen MR) is 72.4 cm³/mol. The number of urea groups is 1. The topological polar surface area (TPSA) is 72.8 Å². The molecule has 0 aliphatic rings. The first-order chi connectivity index (χ1) is 8.40. The summed E-state index contributed by atoms with van der Waals surface area (Å²) in [6.45, 7) is 2.27. The van der Waals surface area contributed by atoms with E-state index >= 15 is 0 Å². The highest BCUT2D eigenvalue weighted by atomic mass is 79.9. The minimum atomic E-state index is -0.552. The van der Waals surface area contributed by atoms with Crippen molar-refractivity contribution in [2.75, 3.05) is 13.6 Å². The van der Waals surface area contributed by atoms with Crippen LogP contribution in [0.2, 0.25) is 0 Å². The van der Waals surface area contributed by atoms with E-state index in [1.807, 2.05) is 0 Å². The lowest BCUT2D eigenvalue weighted by Crippen LogP contribution is -2.40. The second kappa shape index (κ2) is 6.61. The van der Waals surface area contributed by atoms with Crippen LogP contribution in [0, 0.1) is 0 Å². The molecule has 1 aromatic carbocycles. The largest absolute Gasteiger partial charge is 0.507 e. The maximum Gasteiger partial charge on any atom is 0.317 e. The summed E-state index contributed by atoms with van der Waals surface area (Å²) in [4.78, 5) is 13.1. The second-order valence-electron chi connectivity index (χ2n) is 4.17. The van der Waals surface area contributed by atoms with Gasteiger partial charge >= 0.3 is 6.03 Å². The van der Waals surface area contributed by atoms with E-state index in [1.165, 1.54) is 4.90 Å². The molecule has 0 fully saturated rings. The Balaban J connectivity index is 2.49. The van der Waals surface area contributed by atoms with E-state index in [2.05, 4.69) is 21.2 Å². The van der Waals surface area contributed by atoms with Crippen molar-refractivity contribution in [2.24, 2.45) is 0 Å². The van der Waals surface area contributed by atoms with Crippen molar-refractivity contribution >= 4 is 22.0 Å². The van der Waals surface area contributed by atoms with Crippen LogP contribution in [0.3, 0.4) is 0 Å². The molecule has 5 nitrogen and oxygen atoms in total. The number of amides is 2. The van der Waals surface area contributed by atoms with Gasteiger partial charge in [-0.1, -0.05) is 6.07 Å². The van der Waals surface area contributed by atoms with Gasteiger partial charge in [-0.25, -0.2) is 4.79 Å². The predicted octanol–water partition coefficient (Wildman–Crippen LogP) is 1.68. The number of halogens is 1. The van der Waals surface area contributed by atoms with E-state index in [0.29, 0.717) is 11.0 Å².